The van der Waals surface area contributed by atoms with Crippen LogP contribution in [-0.2, 0) is 4.79 Å². The zero-order chi connectivity index (χ0) is 20.4. The Kier molecular flexibility index (Phi) is 5.59. The maximum Gasteiger partial charge on any atom is 0.347 e. The van der Waals surface area contributed by atoms with E-state index in [1.807, 2.05) is 0 Å². The van der Waals surface area contributed by atoms with Crippen LogP contribution in [0.1, 0.15) is 40.9 Å². The smallest absolute Gasteiger partial charge is 0.347 e. The fourth-order valence-corrected chi connectivity index (χ4v) is 2.53. The van der Waals surface area contributed by atoms with Gasteiger partial charge in [-0.15, -0.1) is 0 Å². The minimum absolute atomic E-state index is 0.0839. The number of ketones is 1. The predicted octanol–water partition coefficient (Wildman–Crippen LogP) is 3.85. The zero-order valence-electron chi connectivity index (χ0n) is 15.6. The number of aliphatic carboxylic acids is 1. The Hall–Kier alpha value is -3.28. The van der Waals surface area contributed by atoms with E-state index in [0.717, 1.165) is 22.8 Å². The third-order valence-corrected chi connectivity index (χ3v) is 4.03. The minimum Gasteiger partial charge on any atom is -0.508 e. The number of hydrogen-bond donors (Lipinski definition) is 3. The quantitative estimate of drug-likeness (QED) is 0.527. The molecule has 142 valence electrons. The summed E-state index contributed by atoms with van der Waals surface area (Å²) in [7, 11) is 0. The molecule has 6 nitrogen and oxygen atoms in total. The first-order chi connectivity index (χ1) is 12.5. The van der Waals surface area contributed by atoms with E-state index in [1.54, 1.807) is 32.1 Å². The van der Waals surface area contributed by atoms with Crippen molar-refractivity contribution in [1.82, 2.24) is 0 Å². The lowest BCUT2D eigenvalue weighted by atomic mass is 10.0. The van der Waals surface area contributed by atoms with Crippen molar-refractivity contribution in [3.63, 3.8) is 0 Å². The van der Waals surface area contributed by atoms with E-state index in [1.165, 1.54) is 32.1 Å². The Labute approximate surface area is 157 Å². The van der Waals surface area contributed by atoms with Crippen molar-refractivity contribution in [2.75, 3.05) is 0 Å². The number of rotatable bonds is 6. The number of ether oxygens (including phenoxy) is 1. The Bertz CT molecular complexity index is 901. The third-order valence-electron chi connectivity index (χ3n) is 4.03. The average Bonchev–Trinajstić information content (AvgIpc) is 2.56. The first kappa shape index (κ1) is 20.0. The Morgan fingerprint density at radius 3 is 2.15 bits per heavy atom. The Morgan fingerprint density at radius 2 is 1.63 bits per heavy atom. The van der Waals surface area contributed by atoms with Crippen LogP contribution in [0.5, 0.6) is 17.2 Å². The second kappa shape index (κ2) is 7.53. The van der Waals surface area contributed by atoms with Gasteiger partial charge in [0.2, 0.25) is 0 Å². The van der Waals surface area contributed by atoms with E-state index in [9.17, 15) is 24.9 Å². The van der Waals surface area contributed by atoms with Crippen LogP contribution in [0, 0.1) is 13.8 Å². The summed E-state index contributed by atoms with van der Waals surface area (Å²) in [6.07, 6.45) is 2.92. The molecular formula is C21H22O6. The van der Waals surface area contributed by atoms with Gasteiger partial charge in [-0.1, -0.05) is 6.08 Å². The topological polar surface area (TPSA) is 104 Å². The van der Waals surface area contributed by atoms with E-state index in [0.29, 0.717) is 5.75 Å². The molecule has 0 saturated carbocycles. The number of carbonyl (C=O) groups is 2. The number of aromatic hydroxyl groups is 2. The molecule has 0 unspecified atom stereocenters. The SMILES string of the molecule is Cc1cc(/C=C/C(=O)c2ccc(O)cc2O)cc(C)c1OC(C)(C)C(=O)O. The molecule has 0 bridgehead atoms. The monoisotopic (exact) mass is 370 g/mol. The molecule has 0 atom stereocenters. The number of allylic oxidation sites excluding steroid dienone is 1. The molecule has 27 heavy (non-hydrogen) atoms. The molecule has 0 aliphatic heterocycles. The molecule has 3 N–H and O–H groups in total. The summed E-state index contributed by atoms with van der Waals surface area (Å²) < 4.78 is 5.65. The molecule has 0 heterocycles. The molecule has 6 heteroatoms. The first-order valence-electron chi connectivity index (χ1n) is 8.29. The number of aryl methyl sites for hydroxylation is 2. The van der Waals surface area contributed by atoms with E-state index in [-0.39, 0.29) is 17.1 Å². The van der Waals surface area contributed by atoms with E-state index in [2.05, 4.69) is 0 Å². The summed E-state index contributed by atoms with van der Waals surface area (Å²) in [5.74, 6) is -1.41. The van der Waals surface area contributed by atoms with Crippen molar-refractivity contribution in [3.05, 3.63) is 58.7 Å². The highest BCUT2D eigenvalue weighted by Gasteiger charge is 2.30. The molecule has 0 amide bonds. The Balaban J connectivity index is 2.26. The predicted molar refractivity (Wildman–Crippen MR) is 101 cm³/mol. The van der Waals surface area contributed by atoms with E-state index in [4.69, 9.17) is 4.74 Å². The minimum atomic E-state index is -1.36. The lowest BCUT2D eigenvalue weighted by Gasteiger charge is -2.24. The number of hydrogen-bond acceptors (Lipinski definition) is 5. The van der Waals surface area contributed by atoms with Gasteiger partial charge in [-0.05, 0) is 74.7 Å². The number of phenols is 2. The van der Waals surface area contributed by atoms with Crippen LogP contribution in [-0.4, -0.2) is 32.7 Å². The molecule has 0 saturated heterocycles. The lowest BCUT2D eigenvalue weighted by Crippen LogP contribution is -2.38. The highest BCUT2D eigenvalue weighted by molar-refractivity contribution is 6.08. The second-order valence-corrected chi connectivity index (χ2v) is 6.80. The van der Waals surface area contributed by atoms with Gasteiger partial charge >= 0.3 is 5.97 Å². The van der Waals surface area contributed by atoms with Gasteiger partial charge in [0, 0.05) is 6.07 Å². The van der Waals surface area contributed by atoms with Crippen LogP contribution >= 0.6 is 0 Å². The van der Waals surface area contributed by atoms with Crippen LogP contribution < -0.4 is 4.74 Å². The maximum absolute atomic E-state index is 12.2. The molecule has 0 aromatic heterocycles. The third kappa shape index (κ3) is 4.67. The highest BCUT2D eigenvalue weighted by Crippen LogP contribution is 2.29. The molecule has 0 aliphatic rings. The first-order valence-corrected chi connectivity index (χ1v) is 8.29. The summed E-state index contributed by atoms with van der Waals surface area (Å²) in [6.45, 7) is 6.55. The molecule has 2 aromatic carbocycles. The van der Waals surface area contributed by atoms with Crippen molar-refractivity contribution >= 4 is 17.8 Å². The summed E-state index contributed by atoms with van der Waals surface area (Å²) in [5, 5.41) is 28.3. The fraction of sp³-hybridized carbons (Fsp3) is 0.238. The fourth-order valence-electron chi connectivity index (χ4n) is 2.53. The van der Waals surface area contributed by atoms with Crippen molar-refractivity contribution in [1.29, 1.82) is 0 Å². The summed E-state index contributed by atoms with van der Waals surface area (Å²) >= 11 is 0. The molecular weight excluding hydrogens is 348 g/mol. The average molecular weight is 370 g/mol. The number of carboxylic acids is 1. The number of phenolic OH excluding ortho intramolecular Hbond substituents is 2. The lowest BCUT2D eigenvalue weighted by molar-refractivity contribution is -0.152. The van der Waals surface area contributed by atoms with Gasteiger partial charge in [-0.3, -0.25) is 4.79 Å². The largest absolute Gasteiger partial charge is 0.508 e. The van der Waals surface area contributed by atoms with Crippen LogP contribution in [0.15, 0.2) is 36.4 Å². The molecule has 2 aromatic rings. The molecule has 2 rings (SSSR count). The maximum atomic E-state index is 12.2. The van der Waals surface area contributed by atoms with Crippen molar-refractivity contribution in [2.24, 2.45) is 0 Å². The summed E-state index contributed by atoms with van der Waals surface area (Å²) in [6, 6.07) is 7.33. The second-order valence-electron chi connectivity index (χ2n) is 6.80. The van der Waals surface area contributed by atoms with E-state index >= 15 is 0 Å². The van der Waals surface area contributed by atoms with Gasteiger partial charge in [-0.2, -0.15) is 0 Å². The van der Waals surface area contributed by atoms with Crippen LogP contribution in [0.4, 0.5) is 0 Å². The van der Waals surface area contributed by atoms with Gasteiger partial charge in [0.05, 0.1) is 5.56 Å². The normalized spacial score (nSPS) is 11.6. The molecule has 0 radical (unpaired) electrons. The van der Waals surface area contributed by atoms with Gasteiger partial charge in [0.15, 0.2) is 11.4 Å². The van der Waals surface area contributed by atoms with Gasteiger partial charge in [0.1, 0.15) is 17.2 Å². The molecule has 0 fully saturated rings. The van der Waals surface area contributed by atoms with E-state index < -0.39 is 17.4 Å². The van der Waals surface area contributed by atoms with Crippen molar-refractivity contribution in [3.8, 4) is 17.2 Å². The number of carboxylic acid groups (broad SMARTS) is 1. The summed E-state index contributed by atoms with van der Waals surface area (Å²) in [5.41, 5.74) is 0.935. The van der Waals surface area contributed by atoms with Gasteiger partial charge in [-0.25, -0.2) is 4.79 Å². The summed E-state index contributed by atoms with van der Waals surface area (Å²) in [4.78, 5) is 23.5. The van der Waals surface area contributed by atoms with Crippen LogP contribution in [0.2, 0.25) is 0 Å². The van der Waals surface area contributed by atoms with Crippen molar-refractivity contribution < 1.29 is 29.6 Å². The standard InChI is InChI=1S/C21H22O6/c1-12-9-14(10-13(2)19(12)27-21(3,4)20(25)26)5-8-17(23)16-7-6-15(22)11-18(16)24/h5-11,22,24H,1-4H3,(H,25,26)/b8-5+. The zero-order valence-corrected chi connectivity index (χ0v) is 15.6. The Morgan fingerprint density at radius 1 is 1.04 bits per heavy atom. The highest BCUT2D eigenvalue weighted by atomic mass is 16.5. The molecule has 0 spiro atoms. The van der Waals surface area contributed by atoms with Crippen LogP contribution in [0.25, 0.3) is 6.08 Å². The number of benzene rings is 2. The molecule has 0 aliphatic carbocycles. The van der Waals surface area contributed by atoms with Gasteiger partial charge < -0.3 is 20.1 Å². The van der Waals surface area contributed by atoms with Crippen molar-refractivity contribution in [2.45, 2.75) is 33.3 Å². The number of carbonyl (C=O) groups excluding carboxylic acids is 1. The van der Waals surface area contributed by atoms with Gasteiger partial charge in [0.25, 0.3) is 0 Å². The van der Waals surface area contributed by atoms with Crippen LogP contribution in [0.3, 0.4) is 0 Å².